The molecule has 0 radical (unpaired) electrons. The number of nitrogens with one attached hydrogen (secondary N) is 3. The lowest BCUT2D eigenvalue weighted by molar-refractivity contribution is -0.137. The fourth-order valence-corrected chi connectivity index (χ4v) is 3.71. The molecule has 3 N–H and O–H groups in total. The molecule has 1 amide bonds. The van der Waals surface area contributed by atoms with Gasteiger partial charge in [0, 0.05) is 31.0 Å². The van der Waals surface area contributed by atoms with Gasteiger partial charge in [0.2, 0.25) is 5.91 Å². The molecule has 1 atom stereocenters. The van der Waals surface area contributed by atoms with Crippen LogP contribution in [0.4, 0.5) is 29.1 Å². The van der Waals surface area contributed by atoms with Crippen molar-refractivity contribution in [1.29, 1.82) is 0 Å². The SMILES string of the molecule is O=C(CNc1cc(F)cc(C(F)(F)F)c1)NC1CCCN(c2ncnc3[nH]ccc23)C1. The van der Waals surface area contributed by atoms with E-state index < -0.39 is 17.6 Å². The van der Waals surface area contributed by atoms with E-state index in [2.05, 4.69) is 30.5 Å². The summed E-state index contributed by atoms with van der Waals surface area (Å²) in [6, 6.07) is 3.85. The minimum Gasteiger partial charge on any atom is -0.376 e. The summed E-state index contributed by atoms with van der Waals surface area (Å²) in [5.74, 6) is -0.636. The third-order valence-corrected chi connectivity index (χ3v) is 5.10. The van der Waals surface area contributed by atoms with E-state index in [0.29, 0.717) is 12.6 Å². The van der Waals surface area contributed by atoms with Crippen LogP contribution in [0.15, 0.2) is 36.8 Å². The number of benzene rings is 1. The number of halogens is 4. The van der Waals surface area contributed by atoms with E-state index >= 15 is 0 Å². The van der Waals surface area contributed by atoms with Crippen LogP contribution in [0, 0.1) is 5.82 Å². The van der Waals surface area contributed by atoms with Gasteiger partial charge in [-0.25, -0.2) is 14.4 Å². The number of aromatic nitrogens is 3. The Hall–Kier alpha value is -3.37. The quantitative estimate of drug-likeness (QED) is 0.535. The highest BCUT2D eigenvalue weighted by molar-refractivity contribution is 5.87. The highest BCUT2D eigenvalue weighted by Gasteiger charge is 2.31. The van der Waals surface area contributed by atoms with Crippen LogP contribution >= 0.6 is 0 Å². The zero-order chi connectivity index (χ0) is 22.0. The molecule has 1 aliphatic heterocycles. The molecule has 1 aliphatic rings. The number of carbonyl (C=O) groups is 1. The fraction of sp³-hybridized carbons (Fsp3) is 0.350. The summed E-state index contributed by atoms with van der Waals surface area (Å²) >= 11 is 0. The van der Waals surface area contributed by atoms with Crippen LogP contribution in [-0.2, 0) is 11.0 Å². The first-order valence-corrected chi connectivity index (χ1v) is 9.73. The first-order valence-electron chi connectivity index (χ1n) is 9.73. The molecule has 1 saturated heterocycles. The maximum Gasteiger partial charge on any atom is 0.416 e. The van der Waals surface area contributed by atoms with Gasteiger partial charge >= 0.3 is 6.18 Å². The fourth-order valence-electron chi connectivity index (χ4n) is 3.71. The highest BCUT2D eigenvalue weighted by Crippen LogP contribution is 2.31. The average molecular weight is 436 g/mol. The maximum atomic E-state index is 13.5. The number of anilines is 2. The Kier molecular flexibility index (Phi) is 5.66. The average Bonchev–Trinajstić information content (AvgIpc) is 3.20. The number of aromatic amines is 1. The number of hydrogen-bond acceptors (Lipinski definition) is 5. The molecule has 164 valence electrons. The van der Waals surface area contributed by atoms with Crippen molar-refractivity contribution in [3.05, 3.63) is 48.2 Å². The van der Waals surface area contributed by atoms with E-state index in [1.807, 2.05) is 6.07 Å². The maximum absolute atomic E-state index is 13.5. The second-order valence-corrected chi connectivity index (χ2v) is 7.37. The molecule has 7 nitrogen and oxygen atoms in total. The predicted molar refractivity (Wildman–Crippen MR) is 107 cm³/mol. The Morgan fingerprint density at radius 2 is 2.10 bits per heavy atom. The first-order chi connectivity index (χ1) is 14.8. The Morgan fingerprint density at radius 3 is 2.90 bits per heavy atom. The van der Waals surface area contributed by atoms with Gasteiger partial charge < -0.3 is 20.5 Å². The van der Waals surface area contributed by atoms with E-state index in [4.69, 9.17) is 0 Å². The third-order valence-electron chi connectivity index (χ3n) is 5.10. The molecule has 0 saturated carbocycles. The molecule has 1 aromatic carbocycles. The second kappa shape index (κ2) is 8.40. The summed E-state index contributed by atoms with van der Waals surface area (Å²) in [6.45, 7) is 1.06. The minimum atomic E-state index is -4.67. The molecule has 2 aromatic heterocycles. The zero-order valence-electron chi connectivity index (χ0n) is 16.3. The van der Waals surface area contributed by atoms with E-state index in [1.54, 1.807) is 6.20 Å². The molecule has 3 heterocycles. The van der Waals surface area contributed by atoms with Crippen molar-refractivity contribution in [2.45, 2.75) is 25.1 Å². The number of fused-ring (bicyclic) bond motifs is 1. The third kappa shape index (κ3) is 4.86. The summed E-state index contributed by atoms with van der Waals surface area (Å²) in [7, 11) is 0. The molecule has 1 unspecified atom stereocenters. The van der Waals surface area contributed by atoms with E-state index in [0.717, 1.165) is 48.4 Å². The Balaban J connectivity index is 1.36. The van der Waals surface area contributed by atoms with E-state index in [9.17, 15) is 22.4 Å². The van der Waals surface area contributed by atoms with Crippen molar-refractivity contribution in [1.82, 2.24) is 20.3 Å². The van der Waals surface area contributed by atoms with Crippen LogP contribution in [0.25, 0.3) is 11.0 Å². The molecule has 4 rings (SSSR count). The molecule has 11 heteroatoms. The van der Waals surface area contributed by atoms with Crippen molar-refractivity contribution in [3.8, 4) is 0 Å². The van der Waals surface area contributed by atoms with E-state index in [-0.39, 0.29) is 24.2 Å². The Morgan fingerprint density at radius 1 is 1.26 bits per heavy atom. The summed E-state index contributed by atoms with van der Waals surface area (Å²) in [5, 5.41) is 6.33. The van der Waals surface area contributed by atoms with E-state index in [1.165, 1.54) is 6.33 Å². The lowest BCUT2D eigenvalue weighted by Gasteiger charge is -2.34. The number of rotatable bonds is 5. The lowest BCUT2D eigenvalue weighted by Crippen LogP contribution is -2.49. The van der Waals surface area contributed by atoms with Gasteiger partial charge in [-0.1, -0.05) is 0 Å². The molecule has 31 heavy (non-hydrogen) atoms. The normalized spacial score (nSPS) is 17.0. The van der Waals surface area contributed by atoms with Gasteiger partial charge in [0.25, 0.3) is 0 Å². The van der Waals surface area contributed by atoms with Crippen LogP contribution in [-0.4, -0.2) is 46.5 Å². The van der Waals surface area contributed by atoms with Crippen molar-refractivity contribution >= 4 is 28.4 Å². The van der Waals surface area contributed by atoms with Crippen LogP contribution in [0.3, 0.4) is 0 Å². The van der Waals surface area contributed by atoms with Gasteiger partial charge in [-0.3, -0.25) is 4.79 Å². The number of H-pyrrole nitrogens is 1. The molecule has 0 spiro atoms. The largest absolute Gasteiger partial charge is 0.416 e. The number of nitrogens with zero attached hydrogens (tertiary/aromatic N) is 3. The van der Waals surface area contributed by atoms with Crippen molar-refractivity contribution in [2.75, 3.05) is 29.9 Å². The number of amides is 1. The van der Waals surface area contributed by atoms with Crippen LogP contribution in [0.1, 0.15) is 18.4 Å². The smallest absolute Gasteiger partial charge is 0.376 e. The lowest BCUT2D eigenvalue weighted by atomic mass is 10.1. The predicted octanol–water partition coefficient (Wildman–Crippen LogP) is 3.31. The number of carbonyl (C=O) groups excluding carboxylic acids is 1. The highest BCUT2D eigenvalue weighted by atomic mass is 19.4. The topological polar surface area (TPSA) is 85.9 Å². The summed E-state index contributed by atoms with van der Waals surface area (Å²) in [6.07, 6.45) is 0.204. The van der Waals surface area contributed by atoms with Gasteiger partial charge in [-0.05, 0) is 37.1 Å². The molecular weight excluding hydrogens is 416 g/mol. The van der Waals surface area contributed by atoms with Gasteiger partial charge in [0.1, 0.15) is 23.6 Å². The monoisotopic (exact) mass is 436 g/mol. The Labute approximate surface area is 174 Å². The Bertz CT molecular complexity index is 1080. The summed E-state index contributed by atoms with van der Waals surface area (Å²) < 4.78 is 51.9. The van der Waals surface area contributed by atoms with Gasteiger partial charge in [-0.2, -0.15) is 13.2 Å². The first kappa shape index (κ1) is 20.9. The van der Waals surface area contributed by atoms with Crippen molar-refractivity contribution in [2.24, 2.45) is 0 Å². The van der Waals surface area contributed by atoms with Crippen LogP contribution in [0.2, 0.25) is 0 Å². The summed E-state index contributed by atoms with van der Waals surface area (Å²) in [4.78, 5) is 26.0. The molecule has 0 bridgehead atoms. The van der Waals surface area contributed by atoms with Crippen LogP contribution < -0.4 is 15.5 Å². The number of piperidine rings is 1. The van der Waals surface area contributed by atoms with Gasteiger partial charge in [0.15, 0.2) is 0 Å². The number of alkyl halides is 3. The minimum absolute atomic E-state index is 0.108. The molecular formula is C20H20F4N6O. The zero-order valence-corrected chi connectivity index (χ0v) is 16.3. The van der Waals surface area contributed by atoms with Crippen molar-refractivity contribution < 1.29 is 22.4 Å². The van der Waals surface area contributed by atoms with Crippen LogP contribution in [0.5, 0.6) is 0 Å². The summed E-state index contributed by atoms with van der Waals surface area (Å²) in [5.41, 5.74) is -0.489. The standard InChI is InChI=1S/C20H20F4N6O/c21-13-6-12(20(22,23)24)7-15(8-13)26-9-17(31)29-14-2-1-5-30(10-14)19-16-3-4-25-18(16)27-11-28-19/h3-4,6-8,11,14,26H,1-2,5,9-10H2,(H,29,31)(H,25,27,28). The molecule has 0 aliphatic carbocycles. The van der Waals surface area contributed by atoms with Gasteiger partial charge in [0.05, 0.1) is 17.5 Å². The molecule has 3 aromatic rings. The number of hydrogen-bond donors (Lipinski definition) is 3. The second-order valence-electron chi connectivity index (χ2n) is 7.37. The molecule has 1 fully saturated rings. The van der Waals surface area contributed by atoms with Crippen molar-refractivity contribution in [3.63, 3.8) is 0 Å². The van der Waals surface area contributed by atoms with Gasteiger partial charge in [-0.15, -0.1) is 0 Å².